The molecular formula is C16H15N3O3. The lowest BCUT2D eigenvalue weighted by atomic mass is 10.3. The number of furan rings is 1. The number of para-hydroxylation sites is 1. The number of carbonyl (C=O) groups is 1. The highest BCUT2D eigenvalue weighted by atomic mass is 16.4. The molecule has 0 aliphatic carbocycles. The smallest absolute Gasteiger partial charge is 0.330 e. The summed E-state index contributed by atoms with van der Waals surface area (Å²) < 4.78 is 10.8. The fraction of sp³-hybridized carbons (Fsp3) is 0.125. The maximum atomic E-state index is 12.5. The Bertz CT molecular complexity index is 735. The zero-order valence-electron chi connectivity index (χ0n) is 12.0. The van der Waals surface area contributed by atoms with Gasteiger partial charge in [0.05, 0.1) is 12.7 Å². The Morgan fingerprint density at radius 1 is 1.23 bits per heavy atom. The van der Waals surface area contributed by atoms with E-state index in [2.05, 4.69) is 10.3 Å². The van der Waals surface area contributed by atoms with Gasteiger partial charge in [-0.1, -0.05) is 18.2 Å². The second-order valence-corrected chi connectivity index (χ2v) is 4.71. The van der Waals surface area contributed by atoms with Crippen molar-refractivity contribution in [2.45, 2.75) is 13.5 Å². The van der Waals surface area contributed by atoms with Crippen molar-refractivity contribution in [1.29, 1.82) is 0 Å². The van der Waals surface area contributed by atoms with Crippen LogP contribution in [0.25, 0.3) is 0 Å². The normalized spacial score (nSPS) is 10.4. The van der Waals surface area contributed by atoms with Crippen LogP contribution in [0.15, 0.2) is 63.8 Å². The van der Waals surface area contributed by atoms with Crippen LogP contribution in [0, 0.1) is 6.92 Å². The summed E-state index contributed by atoms with van der Waals surface area (Å²) in [5.41, 5.74) is 0.694. The molecule has 0 bridgehead atoms. The summed E-state index contributed by atoms with van der Waals surface area (Å²) in [5, 5.41) is 2.80. The lowest BCUT2D eigenvalue weighted by Gasteiger charge is -2.18. The highest BCUT2D eigenvalue weighted by Crippen LogP contribution is 2.18. The molecule has 0 aliphatic heterocycles. The second-order valence-electron chi connectivity index (χ2n) is 4.71. The molecule has 22 heavy (non-hydrogen) atoms. The van der Waals surface area contributed by atoms with E-state index in [1.807, 2.05) is 49.4 Å². The summed E-state index contributed by atoms with van der Waals surface area (Å²) in [4.78, 5) is 17.9. The van der Waals surface area contributed by atoms with Gasteiger partial charge in [-0.05, 0) is 31.2 Å². The lowest BCUT2D eigenvalue weighted by molar-refractivity contribution is 0.254. The van der Waals surface area contributed by atoms with Gasteiger partial charge in [-0.3, -0.25) is 0 Å². The molecule has 0 saturated carbocycles. The van der Waals surface area contributed by atoms with Gasteiger partial charge >= 0.3 is 12.0 Å². The second kappa shape index (κ2) is 6.17. The van der Waals surface area contributed by atoms with Crippen LogP contribution in [0.4, 0.5) is 16.5 Å². The Hall–Kier alpha value is -3.02. The summed E-state index contributed by atoms with van der Waals surface area (Å²) in [6.07, 6.45) is 2.91. The zero-order valence-corrected chi connectivity index (χ0v) is 12.0. The fourth-order valence-corrected chi connectivity index (χ4v) is 2.01. The Labute approximate surface area is 127 Å². The number of anilines is 2. The van der Waals surface area contributed by atoms with Crippen molar-refractivity contribution in [2.24, 2.45) is 0 Å². The van der Waals surface area contributed by atoms with Crippen LogP contribution >= 0.6 is 0 Å². The summed E-state index contributed by atoms with van der Waals surface area (Å²) in [6, 6.07) is 12.7. The summed E-state index contributed by atoms with van der Waals surface area (Å²) >= 11 is 0. The van der Waals surface area contributed by atoms with Crippen LogP contribution in [0.5, 0.6) is 0 Å². The minimum absolute atomic E-state index is 0.211. The van der Waals surface area contributed by atoms with Crippen molar-refractivity contribution in [1.82, 2.24) is 4.98 Å². The van der Waals surface area contributed by atoms with Crippen LogP contribution in [-0.2, 0) is 6.54 Å². The molecule has 0 fully saturated rings. The Morgan fingerprint density at radius 2 is 2.05 bits per heavy atom. The van der Waals surface area contributed by atoms with E-state index in [1.54, 1.807) is 0 Å². The van der Waals surface area contributed by atoms with E-state index in [0.717, 1.165) is 5.76 Å². The number of rotatable bonds is 4. The molecule has 6 heteroatoms. The van der Waals surface area contributed by atoms with Gasteiger partial charge in [-0.25, -0.2) is 14.7 Å². The quantitative estimate of drug-likeness (QED) is 0.794. The number of hydrogen-bond acceptors (Lipinski definition) is 4. The monoisotopic (exact) mass is 297 g/mol. The predicted octanol–water partition coefficient (Wildman–Crippen LogP) is 3.81. The molecule has 1 N–H and O–H groups in total. The molecular weight excluding hydrogens is 282 g/mol. The lowest BCUT2D eigenvalue weighted by Crippen LogP contribution is -2.34. The van der Waals surface area contributed by atoms with Crippen molar-refractivity contribution in [3.05, 3.63) is 66.4 Å². The average Bonchev–Trinajstić information content (AvgIpc) is 3.17. The van der Waals surface area contributed by atoms with Crippen LogP contribution in [0.1, 0.15) is 11.5 Å². The number of nitrogens with zero attached hydrogens (tertiary/aromatic N) is 2. The first-order chi connectivity index (χ1) is 10.7. The van der Waals surface area contributed by atoms with E-state index < -0.39 is 0 Å². The number of carbonyl (C=O) groups excluding carboxylic acids is 1. The zero-order chi connectivity index (χ0) is 15.4. The number of oxazole rings is 1. The van der Waals surface area contributed by atoms with Gasteiger partial charge < -0.3 is 14.2 Å². The minimum Gasteiger partial charge on any atom is -0.464 e. The molecule has 0 spiro atoms. The van der Waals surface area contributed by atoms with E-state index >= 15 is 0 Å². The number of aryl methyl sites for hydroxylation is 1. The predicted molar refractivity (Wildman–Crippen MR) is 81.6 cm³/mol. The summed E-state index contributed by atoms with van der Waals surface area (Å²) in [7, 11) is 0. The van der Waals surface area contributed by atoms with Gasteiger partial charge in [0.25, 0.3) is 0 Å². The van der Waals surface area contributed by atoms with E-state index in [1.165, 1.54) is 17.4 Å². The molecule has 3 rings (SSSR count). The van der Waals surface area contributed by atoms with Crippen molar-refractivity contribution in [3.8, 4) is 0 Å². The Morgan fingerprint density at radius 3 is 2.68 bits per heavy atom. The third-order valence-electron chi connectivity index (χ3n) is 3.03. The molecule has 0 saturated heterocycles. The molecule has 6 nitrogen and oxygen atoms in total. The molecule has 0 unspecified atom stereocenters. The maximum absolute atomic E-state index is 12.5. The number of amides is 2. The van der Waals surface area contributed by atoms with Gasteiger partial charge in [0, 0.05) is 5.69 Å². The summed E-state index contributed by atoms with van der Waals surface area (Å²) in [5.74, 6) is 1.43. The molecule has 112 valence electrons. The Kier molecular flexibility index (Phi) is 3.91. The first-order valence-electron chi connectivity index (χ1n) is 6.81. The van der Waals surface area contributed by atoms with Crippen molar-refractivity contribution >= 4 is 17.7 Å². The van der Waals surface area contributed by atoms with Crippen LogP contribution in [0.3, 0.4) is 0 Å². The first-order valence-corrected chi connectivity index (χ1v) is 6.81. The van der Waals surface area contributed by atoms with Crippen LogP contribution in [0.2, 0.25) is 0 Å². The highest BCUT2D eigenvalue weighted by molar-refractivity contribution is 6.00. The van der Waals surface area contributed by atoms with Crippen molar-refractivity contribution < 1.29 is 13.6 Å². The number of benzene rings is 1. The van der Waals surface area contributed by atoms with Crippen LogP contribution in [-0.4, -0.2) is 11.0 Å². The highest BCUT2D eigenvalue weighted by Gasteiger charge is 2.21. The molecule has 0 aliphatic rings. The molecule has 3 aromatic rings. The number of hydrogen-bond donors (Lipinski definition) is 1. The summed E-state index contributed by atoms with van der Waals surface area (Å²) in [6.45, 7) is 2.08. The average molecular weight is 297 g/mol. The molecule has 0 radical (unpaired) electrons. The third kappa shape index (κ3) is 3.17. The standard InChI is InChI=1S/C16H15N3O3/c1-12-7-8-14(22-12)11-19(16-17-9-10-21-16)15(20)18-13-5-3-2-4-6-13/h2-10H,11H2,1H3,(H,18,20). The largest absolute Gasteiger partial charge is 0.464 e. The fourth-order valence-electron chi connectivity index (χ4n) is 2.01. The molecule has 2 heterocycles. The maximum Gasteiger partial charge on any atom is 0.330 e. The number of aromatic nitrogens is 1. The van der Waals surface area contributed by atoms with Gasteiger partial charge in [-0.2, -0.15) is 0 Å². The minimum atomic E-state index is -0.345. The topological polar surface area (TPSA) is 71.5 Å². The number of urea groups is 1. The van der Waals surface area contributed by atoms with Gasteiger partial charge in [0.2, 0.25) is 0 Å². The van der Waals surface area contributed by atoms with Gasteiger partial charge in [0.1, 0.15) is 17.8 Å². The van der Waals surface area contributed by atoms with E-state index in [0.29, 0.717) is 11.4 Å². The molecule has 1 aromatic carbocycles. The van der Waals surface area contributed by atoms with Crippen molar-refractivity contribution in [3.63, 3.8) is 0 Å². The van der Waals surface area contributed by atoms with Gasteiger partial charge in [-0.15, -0.1) is 0 Å². The van der Waals surface area contributed by atoms with E-state index in [4.69, 9.17) is 8.83 Å². The van der Waals surface area contributed by atoms with E-state index in [-0.39, 0.29) is 18.6 Å². The third-order valence-corrected chi connectivity index (χ3v) is 3.03. The number of nitrogens with one attached hydrogen (secondary N) is 1. The van der Waals surface area contributed by atoms with Gasteiger partial charge in [0.15, 0.2) is 0 Å². The van der Waals surface area contributed by atoms with Crippen molar-refractivity contribution in [2.75, 3.05) is 10.2 Å². The first kappa shape index (κ1) is 13.9. The van der Waals surface area contributed by atoms with Crippen LogP contribution < -0.4 is 10.2 Å². The molecule has 0 atom stereocenters. The van der Waals surface area contributed by atoms with E-state index in [9.17, 15) is 4.79 Å². The molecule has 2 amide bonds. The Balaban J connectivity index is 1.80. The SMILES string of the molecule is Cc1ccc(CN(C(=O)Nc2ccccc2)c2ncco2)o1. The molecule has 2 aromatic heterocycles.